The lowest BCUT2D eigenvalue weighted by Gasteiger charge is -2.06. The quantitative estimate of drug-likeness (QED) is 0.407. The van der Waals surface area contributed by atoms with Gasteiger partial charge in [0, 0.05) is 29.4 Å². The third-order valence-electron chi connectivity index (χ3n) is 4.20. The number of unbranched alkanes of at least 4 members (excludes halogenated alkanes) is 5. The van der Waals surface area contributed by atoms with Crippen LogP contribution in [0.1, 0.15) is 45.4 Å². The molecule has 0 saturated heterocycles. The van der Waals surface area contributed by atoms with Crippen molar-refractivity contribution in [3.8, 4) is 17.1 Å². The molecule has 0 aliphatic rings. The lowest BCUT2D eigenvalue weighted by atomic mass is 10.1. The molecule has 0 aliphatic carbocycles. The number of aromatic nitrogens is 3. The van der Waals surface area contributed by atoms with Gasteiger partial charge in [0.1, 0.15) is 0 Å². The molecule has 3 aromatic heterocycles. The zero-order chi connectivity index (χ0) is 18.7. The minimum absolute atomic E-state index is 0.671. The molecule has 6 heteroatoms. The summed E-state index contributed by atoms with van der Waals surface area (Å²) in [6, 6.07) is 7.78. The fourth-order valence-corrected chi connectivity index (χ4v) is 3.44. The van der Waals surface area contributed by atoms with Crippen molar-refractivity contribution in [3.63, 3.8) is 0 Å². The van der Waals surface area contributed by atoms with Gasteiger partial charge in [-0.2, -0.15) is 0 Å². The summed E-state index contributed by atoms with van der Waals surface area (Å²) in [6.45, 7) is 2.97. The van der Waals surface area contributed by atoms with Gasteiger partial charge in [0.2, 0.25) is 5.88 Å². The highest BCUT2D eigenvalue weighted by Crippen LogP contribution is 2.26. The Morgan fingerprint density at radius 3 is 2.70 bits per heavy atom. The van der Waals surface area contributed by atoms with Crippen molar-refractivity contribution >= 4 is 22.2 Å². The Labute approximate surface area is 164 Å². The molecule has 0 unspecified atom stereocenters. The van der Waals surface area contributed by atoms with Gasteiger partial charge in [-0.05, 0) is 24.6 Å². The average molecular weight is 383 g/mol. The van der Waals surface area contributed by atoms with Crippen molar-refractivity contribution in [3.05, 3.63) is 48.2 Å². The first-order valence-corrected chi connectivity index (χ1v) is 10.4. The van der Waals surface area contributed by atoms with Crippen molar-refractivity contribution in [2.45, 2.75) is 45.4 Å². The number of nitrogens with zero attached hydrogens (tertiary/aromatic N) is 3. The van der Waals surface area contributed by atoms with E-state index in [-0.39, 0.29) is 0 Å². The van der Waals surface area contributed by atoms with Crippen LogP contribution in [0.15, 0.2) is 48.2 Å². The Morgan fingerprint density at radius 1 is 1.04 bits per heavy atom. The van der Waals surface area contributed by atoms with Crippen molar-refractivity contribution in [2.24, 2.45) is 0 Å². The van der Waals surface area contributed by atoms with Gasteiger partial charge in [-0.3, -0.25) is 4.98 Å². The van der Waals surface area contributed by atoms with Gasteiger partial charge in [-0.15, -0.1) is 11.3 Å². The minimum atomic E-state index is 0.671. The van der Waals surface area contributed by atoms with Crippen molar-refractivity contribution in [1.82, 2.24) is 15.0 Å². The molecule has 27 heavy (non-hydrogen) atoms. The Hall–Kier alpha value is -2.47. The zero-order valence-corrected chi connectivity index (χ0v) is 16.5. The highest BCUT2D eigenvalue weighted by Gasteiger charge is 2.05. The van der Waals surface area contributed by atoms with Crippen molar-refractivity contribution in [1.29, 1.82) is 0 Å². The Kier molecular flexibility index (Phi) is 7.59. The highest BCUT2D eigenvalue weighted by atomic mass is 32.1. The van der Waals surface area contributed by atoms with Gasteiger partial charge in [0.05, 0.1) is 24.2 Å². The number of thiazole rings is 1. The summed E-state index contributed by atoms with van der Waals surface area (Å²) in [5.74, 6) is 0.671. The van der Waals surface area contributed by atoms with E-state index >= 15 is 0 Å². The summed E-state index contributed by atoms with van der Waals surface area (Å²) in [5, 5.41) is 6.13. The molecule has 1 N–H and O–H groups in total. The van der Waals surface area contributed by atoms with Crippen LogP contribution in [0.25, 0.3) is 11.3 Å². The van der Waals surface area contributed by atoms with Gasteiger partial charge in [-0.1, -0.05) is 39.0 Å². The van der Waals surface area contributed by atoms with Crippen LogP contribution in [0, 0.1) is 0 Å². The second-order valence-electron chi connectivity index (χ2n) is 6.41. The predicted octanol–water partition coefficient (Wildman–Crippen LogP) is 6.08. The lowest BCUT2D eigenvalue weighted by Crippen LogP contribution is -1.99. The smallest absolute Gasteiger partial charge is 0.213 e. The molecular formula is C21H26N4OS. The molecule has 0 saturated carbocycles. The molecule has 0 fully saturated rings. The molecule has 3 rings (SSSR count). The van der Waals surface area contributed by atoms with Crippen LogP contribution < -0.4 is 10.1 Å². The first-order valence-electron chi connectivity index (χ1n) is 9.57. The van der Waals surface area contributed by atoms with E-state index < -0.39 is 0 Å². The lowest BCUT2D eigenvalue weighted by molar-refractivity contribution is 0.293. The molecule has 0 spiro atoms. The molecule has 0 aromatic carbocycles. The van der Waals surface area contributed by atoms with Crippen LogP contribution in [-0.2, 0) is 0 Å². The fraction of sp³-hybridized carbons (Fsp3) is 0.381. The highest BCUT2D eigenvalue weighted by molar-refractivity contribution is 7.14. The number of nitrogens with one attached hydrogen (secondary N) is 1. The summed E-state index contributed by atoms with van der Waals surface area (Å²) in [4.78, 5) is 13.1. The van der Waals surface area contributed by atoms with Crippen LogP contribution in [0.5, 0.6) is 5.88 Å². The topological polar surface area (TPSA) is 59.9 Å². The van der Waals surface area contributed by atoms with E-state index in [4.69, 9.17) is 4.74 Å². The van der Waals surface area contributed by atoms with E-state index in [0.717, 1.165) is 35.1 Å². The maximum Gasteiger partial charge on any atom is 0.213 e. The van der Waals surface area contributed by atoms with Gasteiger partial charge in [0.15, 0.2) is 5.13 Å². The Morgan fingerprint density at radius 2 is 1.93 bits per heavy atom. The third-order valence-corrected chi connectivity index (χ3v) is 4.95. The van der Waals surface area contributed by atoms with E-state index in [1.807, 2.05) is 35.8 Å². The molecule has 0 aliphatic heterocycles. The number of hydrogen-bond donors (Lipinski definition) is 1. The zero-order valence-electron chi connectivity index (χ0n) is 15.7. The second kappa shape index (κ2) is 10.6. The van der Waals surface area contributed by atoms with Crippen LogP contribution in [-0.4, -0.2) is 21.6 Å². The maximum atomic E-state index is 5.72. The van der Waals surface area contributed by atoms with Crippen LogP contribution in [0.4, 0.5) is 10.8 Å². The summed E-state index contributed by atoms with van der Waals surface area (Å²) >= 11 is 1.56. The third kappa shape index (κ3) is 6.32. The van der Waals surface area contributed by atoms with E-state index in [0.29, 0.717) is 5.88 Å². The number of anilines is 2. The van der Waals surface area contributed by atoms with Crippen LogP contribution in [0.2, 0.25) is 0 Å². The van der Waals surface area contributed by atoms with Crippen LogP contribution in [0.3, 0.4) is 0 Å². The van der Waals surface area contributed by atoms with E-state index in [9.17, 15) is 0 Å². The van der Waals surface area contributed by atoms with E-state index in [2.05, 4.69) is 27.2 Å². The number of hydrogen-bond acceptors (Lipinski definition) is 6. The van der Waals surface area contributed by atoms with Gasteiger partial charge < -0.3 is 10.1 Å². The number of rotatable bonds is 11. The summed E-state index contributed by atoms with van der Waals surface area (Å²) in [6.07, 6.45) is 12.9. The summed E-state index contributed by atoms with van der Waals surface area (Å²) in [5.41, 5.74) is 2.83. The van der Waals surface area contributed by atoms with Gasteiger partial charge >= 0.3 is 0 Å². The van der Waals surface area contributed by atoms with E-state index in [1.54, 1.807) is 23.7 Å². The predicted molar refractivity (Wildman–Crippen MR) is 112 cm³/mol. The first-order chi connectivity index (χ1) is 13.3. The van der Waals surface area contributed by atoms with Crippen molar-refractivity contribution in [2.75, 3.05) is 11.9 Å². The van der Waals surface area contributed by atoms with Crippen LogP contribution >= 0.6 is 11.3 Å². The monoisotopic (exact) mass is 382 g/mol. The fourth-order valence-electron chi connectivity index (χ4n) is 2.70. The van der Waals surface area contributed by atoms with Crippen molar-refractivity contribution < 1.29 is 4.74 Å². The largest absolute Gasteiger partial charge is 0.478 e. The molecule has 0 radical (unpaired) electrons. The average Bonchev–Trinajstić information content (AvgIpc) is 3.18. The molecule has 0 bridgehead atoms. The summed E-state index contributed by atoms with van der Waals surface area (Å²) in [7, 11) is 0. The van der Waals surface area contributed by atoms with Gasteiger partial charge in [-0.25, -0.2) is 9.97 Å². The normalized spacial score (nSPS) is 10.7. The Bertz CT molecular complexity index is 789. The molecule has 3 heterocycles. The van der Waals surface area contributed by atoms with Gasteiger partial charge in [0.25, 0.3) is 0 Å². The Balaban J connectivity index is 1.43. The van der Waals surface area contributed by atoms with E-state index in [1.165, 1.54) is 32.1 Å². The minimum Gasteiger partial charge on any atom is -0.478 e. The second-order valence-corrected chi connectivity index (χ2v) is 7.26. The number of pyridine rings is 2. The standard InChI is InChI=1S/C21H26N4OS/c1-2-3-4-5-6-7-13-26-20-11-10-18(15-23-20)24-21-25-19(16-27-21)17-9-8-12-22-14-17/h8-12,14-16H,2-7,13H2,1H3,(H,24,25). The number of ether oxygens (including phenoxy) is 1. The summed E-state index contributed by atoms with van der Waals surface area (Å²) < 4.78 is 5.72. The first kappa shape index (κ1) is 19.3. The SMILES string of the molecule is CCCCCCCCOc1ccc(Nc2nc(-c3cccnc3)cs2)cn1. The molecule has 142 valence electrons. The molecule has 3 aromatic rings. The maximum absolute atomic E-state index is 5.72. The molecule has 0 atom stereocenters. The molecule has 0 amide bonds. The molecule has 5 nitrogen and oxygen atoms in total. The molecular weight excluding hydrogens is 356 g/mol.